The van der Waals surface area contributed by atoms with Gasteiger partial charge in [0.05, 0.1) is 18.6 Å². The summed E-state index contributed by atoms with van der Waals surface area (Å²) >= 11 is 1.65. The SMILES string of the molecule is COCCNC(=O)C1CCC2S/C(=C\c3ccc(OC)cc3)C(=O)N(C)C2C1. The van der Waals surface area contributed by atoms with Crippen LogP contribution in [0, 0.1) is 5.92 Å². The molecular weight excluding hydrogens is 376 g/mol. The van der Waals surface area contributed by atoms with Crippen molar-refractivity contribution >= 4 is 29.7 Å². The molecule has 1 N–H and O–H groups in total. The monoisotopic (exact) mass is 404 g/mol. The fraction of sp³-hybridized carbons (Fsp3) is 0.524. The van der Waals surface area contributed by atoms with Gasteiger partial charge in [0, 0.05) is 37.9 Å². The van der Waals surface area contributed by atoms with Crippen LogP contribution in [0.25, 0.3) is 6.08 Å². The molecule has 1 aromatic rings. The zero-order valence-electron chi connectivity index (χ0n) is 16.6. The van der Waals surface area contributed by atoms with Crippen molar-refractivity contribution in [3.8, 4) is 5.75 Å². The summed E-state index contributed by atoms with van der Waals surface area (Å²) in [6.07, 6.45) is 4.44. The lowest BCUT2D eigenvalue weighted by molar-refractivity contribution is -0.132. The topological polar surface area (TPSA) is 67.9 Å². The standard InChI is InChI=1S/C21H28N2O4S/c1-23-17-13-15(20(24)22-10-11-26-2)6-9-18(17)28-19(21(23)25)12-14-4-7-16(27-3)8-5-14/h4-5,7-8,12,15,17-18H,6,9-11,13H2,1-3H3,(H,22,24)/b19-12-. The molecule has 3 rings (SSSR count). The lowest BCUT2D eigenvalue weighted by Gasteiger charge is -2.44. The number of benzene rings is 1. The summed E-state index contributed by atoms with van der Waals surface area (Å²) < 4.78 is 10.2. The molecule has 1 saturated carbocycles. The van der Waals surface area contributed by atoms with Crippen LogP contribution in [-0.4, -0.2) is 62.4 Å². The second-order valence-corrected chi connectivity index (χ2v) is 8.50. The number of rotatable bonds is 6. The zero-order valence-corrected chi connectivity index (χ0v) is 17.5. The largest absolute Gasteiger partial charge is 0.497 e. The van der Waals surface area contributed by atoms with Gasteiger partial charge in [-0.2, -0.15) is 0 Å². The Kier molecular flexibility index (Phi) is 7.02. The quantitative estimate of drug-likeness (QED) is 0.583. The number of carbonyl (C=O) groups excluding carboxylic acids is 2. The highest BCUT2D eigenvalue weighted by molar-refractivity contribution is 8.04. The van der Waals surface area contributed by atoms with Gasteiger partial charge in [0.1, 0.15) is 5.75 Å². The number of nitrogens with zero attached hydrogens (tertiary/aromatic N) is 1. The summed E-state index contributed by atoms with van der Waals surface area (Å²) in [5.74, 6) is 0.855. The highest BCUT2D eigenvalue weighted by Gasteiger charge is 2.42. The van der Waals surface area contributed by atoms with E-state index in [1.807, 2.05) is 42.3 Å². The lowest BCUT2D eigenvalue weighted by atomic mass is 9.83. The normalized spacial score (nSPS) is 26.1. The third-order valence-electron chi connectivity index (χ3n) is 5.45. The molecular formula is C21H28N2O4S. The minimum Gasteiger partial charge on any atom is -0.497 e. The third kappa shape index (κ3) is 4.70. The van der Waals surface area contributed by atoms with Gasteiger partial charge in [0.2, 0.25) is 5.91 Å². The number of hydrogen-bond acceptors (Lipinski definition) is 5. The molecule has 0 spiro atoms. The summed E-state index contributed by atoms with van der Waals surface area (Å²) in [5.41, 5.74) is 0.981. The van der Waals surface area contributed by atoms with Crippen molar-refractivity contribution in [1.82, 2.24) is 10.2 Å². The van der Waals surface area contributed by atoms with Crippen molar-refractivity contribution in [2.24, 2.45) is 5.92 Å². The fourth-order valence-electron chi connectivity index (χ4n) is 3.81. The molecule has 3 unspecified atom stereocenters. The van der Waals surface area contributed by atoms with Crippen LogP contribution in [0.15, 0.2) is 29.2 Å². The minimum atomic E-state index is -0.0407. The molecule has 1 aromatic carbocycles. The van der Waals surface area contributed by atoms with E-state index in [1.165, 1.54) is 0 Å². The Morgan fingerprint density at radius 3 is 2.71 bits per heavy atom. The summed E-state index contributed by atoms with van der Waals surface area (Å²) in [5, 5.41) is 3.26. The van der Waals surface area contributed by atoms with Crippen LogP contribution < -0.4 is 10.1 Å². The first-order chi connectivity index (χ1) is 13.5. The van der Waals surface area contributed by atoms with Gasteiger partial charge in [-0.25, -0.2) is 0 Å². The van der Waals surface area contributed by atoms with Crippen LogP contribution in [-0.2, 0) is 14.3 Å². The van der Waals surface area contributed by atoms with E-state index in [-0.39, 0.29) is 23.8 Å². The van der Waals surface area contributed by atoms with Crippen LogP contribution in [0.1, 0.15) is 24.8 Å². The van der Waals surface area contributed by atoms with Gasteiger partial charge < -0.3 is 19.7 Å². The molecule has 7 heteroatoms. The van der Waals surface area contributed by atoms with Gasteiger partial charge >= 0.3 is 0 Å². The van der Waals surface area contributed by atoms with E-state index < -0.39 is 0 Å². The summed E-state index contributed by atoms with van der Waals surface area (Å²) in [4.78, 5) is 27.9. The number of carbonyl (C=O) groups is 2. The minimum absolute atomic E-state index is 0.0301. The van der Waals surface area contributed by atoms with Gasteiger partial charge in [0.15, 0.2) is 0 Å². The Morgan fingerprint density at radius 1 is 1.29 bits per heavy atom. The molecule has 28 heavy (non-hydrogen) atoms. The number of hydrogen-bond donors (Lipinski definition) is 1. The molecule has 1 heterocycles. The Morgan fingerprint density at radius 2 is 2.04 bits per heavy atom. The maximum Gasteiger partial charge on any atom is 0.260 e. The van der Waals surface area contributed by atoms with E-state index in [4.69, 9.17) is 9.47 Å². The molecule has 0 bridgehead atoms. The molecule has 1 saturated heterocycles. The molecule has 1 aliphatic heterocycles. The zero-order chi connectivity index (χ0) is 20.1. The molecule has 0 aromatic heterocycles. The molecule has 152 valence electrons. The molecule has 1 aliphatic carbocycles. The van der Waals surface area contributed by atoms with Gasteiger partial charge in [-0.05, 0) is 43.0 Å². The number of fused-ring (bicyclic) bond motifs is 1. The number of methoxy groups -OCH3 is 2. The highest BCUT2D eigenvalue weighted by atomic mass is 32.2. The summed E-state index contributed by atoms with van der Waals surface area (Å²) in [6.45, 7) is 1.04. The van der Waals surface area contributed by atoms with E-state index in [9.17, 15) is 9.59 Å². The predicted octanol–water partition coefficient (Wildman–Crippen LogP) is 2.54. The third-order valence-corrected chi connectivity index (χ3v) is 6.85. The van der Waals surface area contributed by atoms with Crippen molar-refractivity contribution in [1.29, 1.82) is 0 Å². The predicted molar refractivity (Wildman–Crippen MR) is 111 cm³/mol. The lowest BCUT2D eigenvalue weighted by Crippen LogP contribution is -2.52. The summed E-state index contributed by atoms with van der Waals surface area (Å²) in [7, 11) is 5.11. The number of amides is 2. The average molecular weight is 405 g/mol. The van der Waals surface area contributed by atoms with E-state index in [2.05, 4.69) is 5.32 Å². The van der Waals surface area contributed by atoms with Crippen LogP contribution in [0.5, 0.6) is 5.75 Å². The second kappa shape index (κ2) is 9.47. The first kappa shape index (κ1) is 20.7. The van der Waals surface area contributed by atoms with Crippen molar-refractivity contribution in [3.05, 3.63) is 34.7 Å². The van der Waals surface area contributed by atoms with Gasteiger partial charge in [0.25, 0.3) is 5.91 Å². The second-order valence-electron chi connectivity index (χ2n) is 7.22. The molecule has 3 atom stereocenters. The fourth-order valence-corrected chi connectivity index (χ4v) is 5.29. The Hall–Kier alpha value is -1.99. The number of ether oxygens (including phenoxy) is 2. The van der Waals surface area contributed by atoms with Gasteiger partial charge in [-0.3, -0.25) is 9.59 Å². The Labute approximate surface area is 170 Å². The van der Waals surface area contributed by atoms with Crippen LogP contribution >= 0.6 is 11.8 Å². The Balaban J connectivity index is 1.66. The molecule has 2 amide bonds. The van der Waals surface area contributed by atoms with E-state index in [0.717, 1.165) is 29.1 Å². The van der Waals surface area contributed by atoms with Crippen molar-refractivity contribution in [3.63, 3.8) is 0 Å². The van der Waals surface area contributed by atoms with Gasteiger partial charge in [-0.15, -0.1) is 11.8 Å². The molecule has 2 aliphatic rings. The maximum atomic E-state index is 12.9. The molecule has 6 nitrogen and oxygen atoms in total. The van der Waals surface area contributed by atoms with E-state index in [0.29, 0.717) is 24.8 Å². The average Bonchev–Trinajstić information content (AvgIpc) is 2.72. The van der Waals surface area contributed by atoms with Crippen LogP contribution in [0.3, 0.4) is 0 Å². The first-order valence-corrected chi connectivity index (χ1v) is 10.5. The molecule has 2 fully saturated rings. The van der Waals surface area contributed by atoms with E-state index >= 15 is 0 Å². The summed E-state index contributed by atoms with van der Waals surface area (Å²) in [6, 6.07) is 7.78. The van der Waals surface area contributed by atoms with Crippen molar-refractivity contribution < 1.29 is 19.1 Å². The van der Waals surface area contributed by atoms with Crippen LogP contribution in [0.2, 0.25) is 0 Å². The highest BCUT2D eigenvalue weighted by Crippen LogP contribution is 2.43. The van der Waals surface area contributed by atoms with Crippen molar-refractivity contribution in [2.75, 3.05) is 34.4 Å². The smallest absolute Gasteiger partial charge is 0.260 e. The number of nitrogens with one attached hydrogen (secondary N) is 1. The maximum absolute atomic E-state index is 12.9. The first-order valence-electron chi connectivity index (χ1n) is 9.59. The number of thioether (sulfide) groups is 1. The molecule has 0 radical (unpaired) electrons. The van der Waals surface area contributed by atoms with Gasteiger partial charge in [-0.1, -0.05) is 12.1 Å². The Bertz CT molecular complexity index is 734. The van der Waals surface area contributed by atoms with Crippen LogP contribution in [0.4, 0.5) is 0 Å². The number of likely N-dealkylation sites (N-methyl/N-ethyl adjacent to an activating group) is 1. The van der Waals surface area contributed by atoms with Crippen molar-refractivity contribution in [2.45, 2.75) is 30.6 Å². The van der Waals surface area contributed by atoms with E-state index in [1.54, 1.807) is 26.0 Å².